The number of carbonyl (C=O) groups excluding carboxylic acids is 1. The molecule has 0 unspecified atom stereocenters. The van der Waals surface area contributed by atoms with Gasteiger partial charge in [0.05, 0.1) is 0 Å². The number of hydrogen-bond donors (Lipinski definition) is 2. The van der Waals surface area contributed by atoms with Crippen molar-refractivity contribution in [3.05, 3.63) is 29.3 Å². The van der Waals surface area contributed by atoms with E-state index >= 15 is 0 Å². The van der Waals surface area contributed by atoms with Crippen LogP contribution in [0.4, 0.5) is 10.5 Å². The molecule has 19 heavy (non-hydrogen) atoms. The number of nitrogens with one attached hydrogen (secondary N) is 1. The van der Waals surface area contributed by atoms with E-state index in [1.165, 1.54) is 0 Å². The number of benzene rings is 1. The third-order valence-corrected chi connectivity index (χ3v) is 3.70. The van der Waals surface area contributed by atoms with Gasteiger partial charge in [-0.2, -0.15) is 0 Å². The monoisotopic (exact) mass is 282 g/mol. The summed E-state index contributed by atoms with van der Waals surface area (Å²) in [6.07, 6.45) is 3.76. The van der Waals surface area contributed by atoms with Crippen molar-refractivity contribution in [2.75, 3.05) is 18.5 Å². The first kappa shape index (κ1) is 14.2. The van der Waals surface area contributed by atoms with E-state index in [1.807, 2.05) is 4.90 Å². The van der Waals surface area contributed by atoms with Crippen LogP contribution in [0.1, 0.15) is 25.7 Å². The van der Waals surface area contributed by atoms with E-state index in [1.54, 1.807) is 24.3 Å². The zero-order valence-corrected chi connectivity index (χ0v) is 11.6. The Morgan fingerprint density at radius 2 is 2.11 bits per heavy atom. The van der Waals surface area contributed by atoms with Crippen molar-refractivity contribution in [3.8, 4) is 0 Å². The Hall–Kier alpha value is -1.26. The summed E-state index contributed by atoms with van der Waals surface area (Å²) in [5, 5.41) is 12.6. The molecule has 1 aliphatic rings. The van der Waals surface area contributed by atoms with Crippen molar-refractivity contribution in [1.82, 2.24) is 4.90 Å². The van der Waals surface area contributed by atoms with E-state index < -0.39 is 0 Å². The normalized spacial score (nSPS) is 19.3. The Labute approximate surface area is 118 Å². The zero-order valence-electron chi connectivity index (χ0n) is 10.8. The number of urea groups is 1. The second-order valence-corrected chi connectivity index (χ2v) is 5.23. The summed E-state index contributed by atoms with van der Waals surface area (Å²) in [7, 11) is 0. The number of aliphatic hydroxyl groups is 1. The first-order valence-electron chi connectivity index (χ1n) is 6.65. The average Bonchev–Trinajstić information content (AvgIpc) is 2.42. The van der Waals surface area contributed by atoms with E-state index in [4.69, 9.17) is 16.7 Å². The lowest BCUT2D eigenvalue weighted by Gasteiger charge is -2.35. The minimum Gasteiger partial charge on any atom is -0.396 e. The average molecular weight is 283 g/mol. The van der Waals surface area contributed by atoms with Gasteiger partial charge in [0.25, 0.3) is 0 Å². The van der Waals surface area contributed by atoms with Gasteiger partial charge in [0.2, 0.25) is 0 Å². The summed E-state index contributed by atoms with van der Waals surface area (Å²) < 4.78 is 0. The van der Waals surface area contributed by atoms with Crippen LogP contribution in [0.2, 0.25) is 5.02 Å². The summed E-state index contributed by atoms with van der Waals surface area (Å²) in [5.74, 6) is 0. The third kappa shape index (κ3) is 3.85. The summed E-state index contributed by atoms with van der Waals surface area (Å²) in [6.45, 7) is 0.874. The molecule has 1 heterocycles. The lowest BCUT2D eigenvalue weighted by Crippen LogP contribution is -2.46. The van der Waals surface area contributed by atoms with E-state index in [2.05, 4.69) is 5.32 Å². The van der Waals surface area contributed by atoms with Gasteiger partial charge in [0.15, 0.2) is 0 Å². The molecule has 2 amide bonds. The van der Waals surface area contributed by atoms with Gasteiger partial charge in [-0.05, 0) is 49.9 Å². The topological polar surface area (TPSA) is 52.6 Å². The number of likely N-dealkylation sites (tertiary alicyclic amines) is 1. The number of aliphatic hydroxyl groups excluding tert-OH is 1. The second-order valence-electron chi connectivity index (χ2n) is 4.79. The zero-order chi connectivity index (χ0) is 13.7. The van der Waals surface area contributed by atoms with Crippen molar-refractivity contribution < 1.29 is 9.90 Å². The lowest BCUT2D eigenvalue weighted by molar-refractivity contribution is 0.141. The van der Waals surface area contributed by atoms with Gasteiger partial charge >= 0.3 is 6.03 Å². The molecule has 5 heteroatoms. The molecule has 2 rings (SSSR count). The number of piperidine rings is 1. The van der Waals surface area contributed by atoms with Gasteiger partial charge in [-0.1, -0.05) is 11.6 Å². The number of anilines is 1. The van der Waals surface area contributed by atoms with E-state index in [0.717, 1.165) is 31.5 Å². The van der Waals surface area contributed by atoms with Crippen LogP contribution in [0.3, 0.4) is 0 Å². The van der Waals surface area contributed by atoms with Crippen LogP contribution < -0.4 is 5.32 Å². The molecule has 0 aliphatic carbocycles. The standard InChI is InChI=1S/C14H19ClN2O2/c15-11-4-6-12(7-5-11)16-14(19)17-9-2-1-3-13(17)8-10-18/h4-7,13,18H,1-3,8-10H2,(H,16,19)/t13-/m0/s1. The van der Waals surface area contributed by atoms with Gasteiger partial charge in [0.1, 0.15) is 0 Å². The fourth-order valence-electron chi connectivity index (χ4n) is 2.45. The van der Waals surface area contributed by atoms with Crippen LogP contribution in [0.5, 0.6) is 0 Å². The van der Waals surface area contributed by atoms with E-state index in [9.17, 15) is 4.79 Å². The highest BCUT2D eigenvalue weighted by Crippen LogP contribution is 2.21. The van der Waals surface area contributed by atoms with Crippen LogP contribution in [-0.4, -0.2) is 35.2 Å². The molecular weight excluding hydrogens is 264 g/mol. The second kappa shape index (κ2) is 6.78. The Kier molecular flexibility index (Phi) is 5.05. The highest BCUT2D eigenvalue weighted by molar-refractivity contribution is 6.30. The van der Waals surface area contributed by atoms with E-state index in [0.29, 0.717) is 11.4 Å². The van der Waals surface area contributed by atoms with Crippen molar-refractivity contribution >= 4 is 23.3 Å². The molecule has 0 spiro atoms. The summed E-state index contributed by atoms with van der Waals surface area (Å²) in [6, 6.07) is 7.11. The molecule has 104 valence electrons. The first-order chi connectivity index (χ1) is 9.20. The number of nitrogens with zero attached hydrogens (tertiary/aromatic N) is 1. The highest BCUT2D eigenvalue weighted by Gasteiger charge is 2.26. The number of rotatable bonds is 3. The van der Waals surface area contributed by atoms with Crippen LogP contribution in [-0.2, 0) is 0 Å². The third-order valence-electron chi connectivity index (χ3n) is 3.45. The molecular formula is C14H19ClN2O2. The van der Waals surface area contributed by atoms with Crippen molar-refractivity contribution in [3.63, 3.8) is 0 Å². The molecule has 4 nitrogen and oxygen atoms in total. The summed E-state index contributed by atoms with van der Waals surface area (Å²) >= 11 is 5.81. The fraction of sp³-hybridized carbons (Fsp3) is 0.500. The highest BCUT2D eigenvalue weighted by atomic mass is 35.5. The molecule has 1 atom stereocenters. The Balaban J connectivity index is 1.99. The van der Waals surface area contributed by atoms with Gasteiger partial charge in [-0.25, -0.2) is 4.79 Å². The first-order valence-corrected chi connectivity index (χ1v) is 7.02. The van der Waals surface area contributed by atoms with Gasteiger partial charge in [-0.15, -0.1) is 0 Å². The molecule has 1 aromatic rings. The van der Waals surface area contributed by atoms with Crippen LogP contribution >= 0.6 is 11.6 Å². The molecule has 0 radical (unpaired) electrons. The quantitative estimate of drug-likeness (QED) is 0.895. The number of halogens is 1. The minimum atomic E-state index is -0.0968. The molecule has 2 N–H and O–H groups in total. The molecule has 1 aromatic carbocycles. The minimum absolute atomic E-state index is 0.0968. The van der Waals surface area contributed by atoms with E-state index in [-0.39, 0.29) is 18.7 Å². The predicted molar refractivity (Wildman–Crippen MR) is 76.5 cm³/mol. The lowest BCUT2D eigenvalue weighted by atomic mass is 10.0. The SMILES string of the molecule is O=C(Nc1ccc(Cl)cc1)N1CCCC[C@H]1CCO. The van der Waals surface area contributed by atoms with Crippen molar-refractivity contribution in [2.24, 2.45) is 0 Å². The molecule has 1 fully saturated rings. The number of hydrogen-bond acceptors (Lipinski definition) is 2. The maximum absolute atomic E-state index is 12.2. The molecule has 1 aliphatic heterocycles. The number of amides is 2. The predicted octanol–water partition coefficient (Wildman–Crippen LogP) is 3.11. The Morgan fingerprint density at radius 1 is 1.37 bits per heavy atom. The molecule has 0 saturated carbocycles. The van der Waals surface area contributed by atoms with Gasteiger partial charge in [0, 0.05) is 29.9 Å². The van der Waals surface area contributed by atoms with Crippen LogP contribution in [0.15, 0.2) is 24.3 Å². The fourth-order valence-corrected chi connectivity index (χ4v) is 2.57. The summed E-state index contributed by atoms with van der Waals surface area (Å²) in [4.78, 5) is 14.1. The maximum Gasteiger partial charge on any atom is 0.322 e. The Bertz CT molecular complexity index is 420. The number of carbonyl (C=O) groups is 1. The van der Waals surface area contributed by atoms with Crippen molar-refractivity contribution in [2.45, 2.75) is 31.7 Å². The van der Waals surface area contributed by atoms with Crippen LogP contribution in [0, 0.1) is 0 Å². The Morgan fingerprint density at radius 3 is 2.79 bits per heavy atom. The van der Waals surface area contributed by atoms with Crippen molar-refractivity contribution in [1.29, 1.82) is 0 Å². The van der Waals surface area contributed by atoms with Crippen LogP contribution in [0.25, 0.3) is 0 Å². The molecule has 0 aromatic heterocycles. The van der Waals surface area contributed by atoms with Gasteiger partial charge < -0.3 is 15.3 Å². The maximum atomic E-state index is 12.2. The summed E-state index contributed by atoms with van der Waals surface area (Å²) in [5.41, 5.74) is 0.739. The largest absolute Gasteiger partial charge is 0.396 e. The van der Waals surface area contributed by atoms with Gasteiger partial charge in [-0.3, -0.25) is 0 Å². The molecule has 1 saturated heterocycles. The molecule has 0 bridgehead atoms. The smallest absolute Gasteiger partial charge is 0.322 e.